The Bertz CT molecular complexity index is 865. The molecule has 34 heavy (non-hydrogen) atoms. The summed E-state index contributed by atoms with van der Waals surface area (Å²) < 4.78 is 12.2. The van der Waals surface area contributed by atoms with Gasteiger partial charge in [-0.25, -0.2) is 0 Å². The van der Waals surface area contributed by atoms with Gasteiger partial charge in [-0.2, -0.15) is 5.21 Å². The highest BCUT2D eigenvalue weighted by atomic mass is 16.7. The van der Waals surface area contributed by atoms with Gasteiger partial charge in [0.2, 0.25) is 0 Å². The molecule has 1 saturated carbocycles. The second-order valence-corrected chi connectivity index (χ2v) is 9.45. The molecular weight excluding hydrogens is 428 g/mol. The molecule has 1 aliphatic carbocycles. The fourth-order valence-electron chi connectivity index (χ4n) is 4.97. The van der Waals surface area contributed by atoms with Crippen molar-refractivity contribution in [1.82, 2.24) is 20.6 Å². The SMILES string of the molecule is OC1CCC(C=CC(Cc2ccccc2)OC2CCCCO2)C1C/C=C\CCCc1nn[nH]n1. The number of unbranched alkanes of at least 4 members (excludes halogenated alkanes) is 1. The number of aliphatic hydroxyl groups is 1. The number of rotatable bonds is 12. The monoisotopic (exact) mass is 466 g/mol. The smallest absolute Gasteiger partial charge is 0.174 e. The van der Waals surface area contributed by atoms with Gasteiger partial charge in [0.25, 0.3) is 0 Å². The molecule has 1 aromatic carbocycles. The number of tetrazole rings is 1. The molecule has 1 aromatic heterocycles. The van der Waals surface area contributed by atoms with Crippen molar-refractivity contribution in [3.05, 3.63) is 66.0 Å². The number of benzene rings is 1. The zero-order valence-corrected chi connectivity index (χ0v) is 20.0. The van der Waals surface area contributed by atoms with Crippen molar-refractivity contribution in [2.24, 2.45) is 11.8 Å². The number of hydrogen-bond donors (Lipinski definition) is 2. The van der Waals surface area contributed by atoms with E-state index in [0.717, 1.165) is 76.6 Å². The predicted molar refractivity (Wildman–Crippen MR) is 131 cm³/mol. The highest BCUT2D eigenvalue weighted by molar-refractivity contribution is 5.17. The number of hydrogen-bond acceptors (Lipinski definition) is 6. The second kappa shape index (κ2) is 13.5. The molecule has 2 aliphatic rings. The first-order valence-corrected chi connectivity index (χ1v) is 12.8. The maximum absolute atomic E-state index is 10.6. The molecule has 0 bridgehead atoms. The fraction of sp³-hybridized carbons (Fsp3) is 0.593. The zero-order valence-electron chi connectivity index (χ0n) is 20.0. The Morgan fingerprint density at radius 2 is 2.06 bits per heavy atom. The van der Waals surface area contributed by atoms with Crippen LogP contribution in [0.1, 0.15) is 62.8 Å². The van der Waals surface area contributed by atoms with Gasteiger partial charge in [-0.05, 0) is 68.8 Å². The lowest BCUT2D eigenvalue weighted by Crippen LogP contribution is -2.28. The van der Waals surface area contributed by atoms with Gasteiger partial charge in [0, 0.05) is 19.4 Å². The third-order valence-corrected chi connectivity index (χ3v) is 6.89. The van der Waals surface area contributed by atoms with Crippen LogP contribution in [0.2, 0.25) is 0 Å². The number of nitrogens with one attached hydrogen (secondary N) is 1. The number of H-pyrrole nitrogens is 1. The van der Waals surface area contributed by atoms with Crippen molar-refractivity contribution in [2.45, 2.75) is 82.7 Å². The van der Waals surface area contributed by atoms with Gasteiger partial charge in [-0.1, -0.05) is 59.8 Å². The van der Waals surface area contributed by atoms with E-state index in [1.54, 1.807) is 0 Å². The number of allylic oxidation sites excluding steroid dienone is 3. The van der Waals surface area contributed by atoms with Crippen LogP contribution in [0.3, 0.4) is 0 Å². The Labute approximate surface area is 202 Å². The average molecular weight is 467 g/mol. The summed E-state index contributed by atoms with van der Waals surface area (Å²) in [5.41, 5.74) is 1.26. The molecule has 5 unspecified atom stereocenters. The molecule has 4 rings (SSSR count). The number of aryl methyl sites for hydroxylation is 1. The second-order valence-electron chi connectivity index (χ2n) is 9.45. The van der Waals surface area contributed by atoms with Crippen LogP contribution in [0, 0.1) is 11.8 Å². The van der Waals surface area contributed by atoms with Gasteiger partial charge >= 0.3 is 0 Å². The third kappa shape index (κ3) is 7.86. The summed E-state index contributed by atoms with van der Waals surface area (Å²) in [6.07, 6.45) is 18.2. The molecular formula is C27H38N4O3. The highest BCUT2D eigenvalue weighted by Gasteiger charge is 2.32. The van der Waals surface area contributed by atoms with E-state index in [4.69, 9.17) is 9.47 Å². The lowest BCUT2D eigenvalue weighted by Gasteiger charge is -2.27. The topological polar surface area (TPSA) is 93.1 Å². The first-order chi connectivity index (χ1) is 16.8. The van der Waals surface area contributed by atoms with E-state index in [-0.39, 0.29) is 24.4 Å². The van der Waals surface area contributed by atoms with Crippen LogP contribution in [0.25, 0.3) is 0 Å². The molecule has 7 heteroatoms. The number of aromatic nitrogens is 4. The average Bonchev–Trinajstić information content (AvgIpc) is 3.51. The molecule has 1 aliphatic heterocycles. The summed E-state index contributed by atoms with van der Waals surface area (Å²) >= 11 is 0. The predicted octanol–water partition coefficient (Wildman–Crippen LogP) is 4.57. The van der Waals surface area contributed by atoms with Crippen LogP contribution in [0.5, 0.6) is 0 Å². The maximum Gasteiger partial charge on any atom is 0.174 e. The van der Waals surface area contributed by atoms with Crippen LogP contribution in [0.15, 0.2) is 54.6 Å². The van der Waals surface area contributed by atoms with Gasteiger partial charge in [0.15, 0.2) is 12.1 Å². The van der Waals surface area contributed by atoms with Crippen molar-refractivity contribution in [3.8, 4) is 0 Å². The van der Waals surface area contributed by atoms with Crippen LogP contribution in [0.4, 0.5) is 0 Å². The molecule has 0 spiro atoms. The largest absolute Gasteiger partial charge is 0.393 e. The Kier molecular flexibility index (Phi) is 9.84. The Morgan fingerprint density at radius 1 is 1.15 bits per heavy atom. The quantitative estimate of drug-likeness (QED) is 0.352. The normalized spacial score (nSPS) is 26.5. The van der Waals surface area contributed by atoms with E-state index < -0.39 is 0 Å². The van der Waals surface area contributed by atoms with Crippen molar-refractivity contribution in [3.63, 3.8) is 0 Å². The molecule has 2 aromatic rings. The molecule has 5 atom stereocenters. The summed E-state index contributed by atoms with van der Waals surface area (Å²) in [5.74, 6) is 1.39. The molecule has 0 radical (unpaired) electrons. The van der Waals surface area contributed by atoms with E-state index in [9.17, 15) is 5.11 Å². The lowest BCUT2D eigenvalue weighted by molar-refractivity contribution is -0.178. The number of nitrogens with zero attached hydrogens (tertiary/aromatic N) is 3. The first-order valence-electron chi connectivity index (χ1n) is 12.8. The zero-order chi connectivity index (χ0) is 23.4. The molecule has 2 fully saturated rings. The summed E-state index contributed by atoms with van der Waals surface area (Å²) in [6, 6.07) is 10.5. The number of aliphatic hydroxyl groups excluding tert-OH is 1. The number of aromatic amines is 1. The Morgan fingerprint density at radius 3 is 2.85 bits per heavy atom. The first kappa shape index (κ1) is 24.8. The minimum atomic E-state index is -0.242. The Hall–Kier alpha value is -2.35. The van der Waals surface area contributed by atoms with E-state index in [2.05, 4.69) is 69.2 Å². The van der Waals surface area contributed by atoms with Gasteiger partial charge in [-0.15, -0.1) is 10.2 Å². The fourth-order valence-corrected chi connectivity index (χ4v) is 4.97. The van der Waals surface area contributed by atoms with Crippen LogP contribution < -0.4 is 0 Å². The van der Waals surface area contributed by atoms with E-state index in [1.807, 2.05) is 6.07 Å². The molecule has 2 N–H and O–H groups in total. The third-order valence-electron chi connectivity index (χ3n) is 6.89. The summed E-state index contributed by atoms with van der Waals surface area (Å²) in [4.78, 5) is 0. The molecule has 2 heterocycles. The van der Waals surface area contributed by atoms with Crippen LogP contribution >= 0.6 is 0 Å². The van der Waals surface area contributed by atoms with E-state index in [0.29, 0.717) is 5.92 Å². The standard InChI is InChI=1S/C27H38N4O3/c32-25-18-16-22(24(25)12-6-1-2-7-13-26-28-30-31-29-26)15-17-23(20-21-10-4-3-5-11-21)34-27-14-8-9-19-33-27/h1,3-6,10-11,15,17,22-25,27,32H,2,7-9,12-14,16,18-20H2,(H,28,29,30,31)/b6-1-,17-15?. The maximum atomic E-state index is 10.6. The van der Waals surface area contributed by atoms with Gasteiger partial charge in [0.1, 0.15) is 0 Å². The van der Waals surface area contributed by atoms with Crippen molar-refractivity contribution < 1.29 is 14.6 Å². The lowest BCUT2D eigenvalue weighted by atomic mass is 9.90. The van der Waals surface area contributed by atoms with E-state index in [1.165, 1.54) is 5.56 Å². The molecule has 184 valence electrons. The minimum absolute atomic E-state index is 0.0235. The molecule has 7 nitrogen and oxygen atoms in total. The van der Waals surface area contributed by atoms with Crippen molar-refractivity contribution >= 4 is 0 Å². The summed E-state index contributed by atoms with van der Waals surface area (Å²) in [6.45, 7) is 0.783. The van der Waals surface area contributed by atoms with Crippen LogP contribution in [-0.2, 0) is 22.3 Å². The van der Waals surface area contributed by atoms with Crippen molar-refractivity contribution in [1.29, 1.82) is 0 Å². The highest BCUT2D eigenvalue weighted by Crippen LogP contribution is 2.36. The van der Waals surface area contributed by atoms with Gasteiger partial charge < -0.3 is 14.6 Å². The van der Waals surface area contributed by atoms with Gasteiger partial charge in [0.05, 0.1) is 12.2 Å². The summed E-state index contributed by atoms with van der Waals surface area (Å²) in [7, 11) is 0. The van der Waals surface area contributed by atoms with Crippen molar-refractivity contribution in [2.75, 3.05) is 6.61 Å². The summed E-state index contributed by atoms with van der Waals surface area (Å²) in [5, 5.41) is 24.6. The molecule has 1 saturated heterocycles. The van der Waals surface area contributed by atoms with Crippen LogP contribution in [-0.4, -0.2) is 50.8 Å². The van der Waals surface area contributed by atoms with Gasteiger partial charge in [-0.3, -0.25) is 0 Å². The number of ether oxygens (including phenoxy) is 2. The molecule has 0 amide bonds. The Balaban J connectivity index is 1.30. The van der Waals surface area contributed by atoms with E-state index >= 15 is 0 Å². The minimum Gasteiger partial charge on any atom is -0.393 e.